The van der Waals surface area contributed by atoms with Crippen molar-refractivity contribution in [1.82, 2.24) is 0 Å². The van der Waals surface area contributed by atoms with Crippen molar-refractivity contribution >= 4 is 37.4 Å². The van der Waals surface area contributed by atoms with Gasteiger partial charge in [0.05, 0.1) is 6.61 Å². The van der Waals surface area contributed by atoms with Gasteiger partial charge in [-0.15, -0.1) is 0 Å². The van der Waals surface area contributed by atoms with Gasteiger partial charge in [-0.05, 0) is 6.92 Å². The quantitative estimate of drug-likeness (QED) is 0.217. The first-order valence-electron chi connectivity index (χ1n) is 9.76. The summed E-state index contributed by atoms with van der Waals surface area (Å²) in [6.07, 6.45) is 1.61. The van der Waals surface area contributed by atoms with E-state index in [0.717, 1.165) is 12.8 Å². The van der Waals surface area contributed by atoms with Crippen molar-refractivity contribution in [2.24, 2.45) is 5.92 Å². The molecule has 0 aromatic rings. The van der Waals surface area contributed by atoms with E-state index in [1.54, 1.807) is 13.7 Å². The summed E-state index contributed by atoms with van der Waals surface area (Å²) in [5, 5.41) is 10.2. The first kappa shape index (κ1) is 25.6. The summed E-state index contributed by atoms with van der Waals surface area (Å²) < 4.78 is 21.7. The molecule has 1 saturated heterocycles. The Morgan fingerprint density at radius 3 is 2.61 bits per heavy atom. The van der Waals surface area contributed by atoms with Gasteiger partial charge in [-0.25, -0.2) is 0 Å². The molecule has 0 aromatic heterocycles. The molecular formula is C18H31BO7PS+. The van der Waals surface area contributed by atoms with Crippen molar-refractivity contribution in [1.29, 1.82) is 0 Å². The summed E-state index contributed by atoms with van der Waals surface area (Å²) in [6, 6.07) is 0. The molecule has 7 nitrogen and oxygen atoms in total. The predicted molar refractivity (Wildman–Crippen MR) is 110 cm³/mol. The third-order valence-corrected chi connectivity index (χ3v) is 5.02. The van der Waals surface area contributed by atoms with E-state index in [2.05, 4.69) is 6.92 Å². The number of carbonyl (C=O) groups excluding carboxylic acids is 2. The van der Waals surface area contributed by atoms with Gasteiger partial charge < -0.3 is 4.74 Å². The van der Waals surface area contributed by atoms with Crippen molar-refractivity contribution in [3.63, 3.8) is 0 Å². The van der Waals surface area contributed by atoms with Gasteiger partial charge in [0.15, 0.2) is 0 Å². The van der Waals surface area contributed by atoms with Crippen LogP contribution in [0.2, 0.25) is 0 Å². The van der Waals surface area contributed by atoms with Gasteiger partial charge in [0.2, 0.25) is 0 Å². The van der Waals surface area contributed by atoms with Crippen LogP contribution in [0.25, 0.3) is 0 Å². The second kappa shape index (κ2) is 14.5. The second-order valence-corrected chi connectivity index (χ2v) is 8.25. The number of carbonyl (C=O) groups is 2. The van der Waals surface area contributed by atoms with Crippen LogP contribution in [0.3, 0.4) is 0 Å². The van der Waals surface area contributed by atoms with Crippen LogP contribution in [-0.4, -0.2) is 61.5 Å². The van der Waals surface area contributed by atoms with E-state index in [1.165, 1.54) is 6.92 Å². The van der Waals surface area contributed by atoms with Gasteiger partial charge in [-0.3, -0.25) is 4.79 Å². The fraction of sp³-hybridized carbons (Fsp3) is 0.889. The van der Waals surface area contributed by atoms with E-state index in [4.69, 9.17) is 30.7 Å². The first-order chi connectivity index (χ1) is 13.3. The average Bonchev–Trinajstić information content (AvgIpc) is 2.57. The van der Waals surface area contributed by atoms with Crippen LogP contribution in [0.1, 0.15) is 59.3 Å². The summed E-state index contributed by atoms with van der Waals surface area (Å²) >= 11 is 4.78. The van der Waals surface area contributed by atoms with Gasteiger partial charge >= 0.3 is 151 Å². The van der Waals surface area contributed by atoms with Gasteiger partial charge in [0.1, 0.15) is 0 Å². The molecule has 1 rings (SSSR count). The number of ether oxygens (including phenoxy) is 3. The molecule has 0 aromatic carbocycles. The Bertz CT molecular complexity index is 544. The SMILES string of the molecule is CCOC(=O)C[C@H](O)C[C@H]1C[C@@H](OC(C)=O)C[C@@H](C[C@@H](C)CCOB=[P+]=S)O1. The number of hydrogen-bond acceptors (Lipinski definition) is 8. The minimum atomic E-state index is -0.848. The molecule has 1 aliphatic heterocycles. The molecule has 1 aliphatic rings. The molecule has 0 spiro atoms. The molecule has 28 heavy (non-hydrogen) atoms. The summed E-state index contributed by atoms with van der Waals surface area (Å²) in [6.45, 7) is 8.41. The molecule has 1 fully saturated rings. The monoisotopic (exact) mass is 433 g/mol. The molecule has 0 radical (unpaired) electrons. The molecule has 5 atom stereocenters. The van der Waals surface area contributed by atoms with E-state index in [-0.39, 0.29) is 37.3 Å². The van der Waals surface area contributed by atoms with E-state index < -0.39 is 12.1 Å². The number of esters is 2. The summed E-state index contributed by atoms with van der Waals surface area (Å²) in [7, 11) is 0. The summed E-state index contributed by atoms with van der Waals surface area (Å²) in [5.74, 6) is -0.388. The van der Waals surface area contributed by atoms with Gasteiger partial charge in [0, 0.05) is 0 Å². The summed E-state index contributed by atoms with van der Waals surface area (Å²) in [5.41, 5.74) is 0. The number of rotatable bonds is 12. The second-order valence-electron chi connectivity index (χ2n) is 7.19. The fourth-order valence-electron chi connectivity index (χ4n) is 3.42. The van der Waals surface area contributed by atoms with E-state index >= 15 is 0 Å². The zero-order chi connectivity index (χ0) is 20.9. The van der Waals surface area contributed by atoms with Gasteiger partial charge in [-0.2, -0.15) is 0 Å². The zero-order valence-corrected chi connectivity index (χ0v) is 18.6. The normalized spacial score (nSPS) is 23.9. The third-order valence-electron chi connectivity index (χ3n) is 4.52. The molecule has 1 heterocycles. The Labute approximate surface area is 174 Å². The van der Waals surface area contributed by atoms with Crippen molar-refractivity contribution in [2.75, 3.05) is 13.2 Å². The molecule has 1 N–H and O–H groups in total. The molecule has 10 heteroatoms. The van der Waals surface area contributed by atoms with Crippen LogP contribution >= 0.6 is 6.85 Å². The van der Waals surface area contributed by atoms with E-state index in [0.29, 0.717) is 38.6 Å². The molecular weight excluding hydrogens is 402 g/mol. The van der Waals surface area contributed by atoms with Crippen LogP contribution in [0.5, 0.6) is 0 Å². The summed E-state index contributed by atoms with van der Waals surface area (Å²) in [4.78, 5) is 22.9. The Kier molecular flexibility index (Phi) is 13.2. The fourth-order valence-corrected chi connectivity index (χ4v) is 3.77. The number of hydrogen-bond donors (Lipinski definition) is 1. The maximum absolute atomic E-state index is 11.5. The van der Waals surface area contributed by atoms with Crippen molar-refractivity contribution in [3.05, 3.63) is 0 Å². The van der Waals surface area contributed by atoms with Crippen LogP contribution < -0.4 is 0 Å². The van der Waals surface area contributed by atoms with Crippen molar-refractivity contribution in [2.45, 2.75) is 83.7 Å². The average molecular weight is 433 g/mol. The Balaban J connectivity index is 2.57. The van der Waals surface area contributed by atoms with Gasteiger partial charge in [-0.1, -0.05) is 0 Å². The van der Waals surface area contributed by atoms with Crippen LogP contribution in [0, 0.1) is 5.92 Å². The number of aliphatic hydroxyl groups excluding tert-OH is 1. The van der Waals surface area contributed by atoms with E-state index in [9.17, 15) is 14.7 Å². The van der Waals surface area contributed by atoms with Crippen molar-refractivity contribution < 1.29 is 33.6 Å². The third kappa shape index (κ3) is 11.5. The molecule has 0 unspecified atom stereocenters. The molecule has 158 valence electrons. The Morgan fingerprint density at radius 1 is 1.32 bits per heavy atom. The van der Waals surface area contributed by atoms with Crippen LogP contribution in [0.15, 0.2) is 0 Å². The van der Waals surface area contributed by atoms with Gasteiger partial charge in [0.25, 0.3) is 0 Å². The Hall–Kier alpha value is -0.465. The molecule has 0 saturated carbocycles. The Morgan fingerprint density at radius 2 is 2.00 bits per heavy atom. The zero-order valence-electron chi connectivity index (χ0n) is 16.9. The predicted octanol–water partition coefficient (Wildman–Crippen LogP) is 2.55. The number of aliphatic hydroxyl groups is 1. The van der Waals surface area contributed by atoms with Crippen molar-refractivity contribution in [3.8, 4) is 0 Å². The van der Waals surface area contributed by atoms with Crippen LogP contribution in [0.4, 0.5) is 0 Å². The molecule has 0 aliphatic carbocycles. The molecule has 0 bridgehead atoms. The first-order valence-corrected chi connectivity index (χ1v) is 11.7. The molecule has 0 amide bonds. The van der Waals surface area contributed by atoms with E-state index in [1.807, 2.05) is 0 Å². The van der Waals surface area contributed by atoms with Crippen LogP contribution in [-0.2, 0) is 40.3 Å². The topological polar surface area (TPSA) is 91.3 Å². The maximum atomic E-state index is 11.5. The standard InChI is InChI=1S/C18H31BO7PS/c1-4-23-18(22)9-14(21)8-16-11-17(25-13(3)20)10-15(26-16)7-12(2)5-6-24-19-27-28/h12,14-17,21H,4-11H2,1-3H3/q+1/t12-,14+,15+,16-,17-/m0/s1. The minimum absolute atomic E-state index is 0.0664.